The van der Waals surface area contributed by atoms with Crippen molar-refractivity contribution in [3.05, 3.63) is 29.8 Å². The van der Waals surface area contributed by atoms with Crippen molar-refractivity contribution < 1.29 is 4.74 Å². The van der Waals surface area contributed by atoms with Crippen molar-refractivity contribution in [3.8, 4) is 0 Å². The molecule has 4 nitrogen and oxygen atoms in total. The Kier molecular flexibility index (Phi) is 5.33. The average Bonchev–Trinajstić information content (AvgIpc) is 2.76. The Bertz CT molecular complexity index is 509. The Morgan fingerprint density at radius 1 is 1.23 bits per heavy atom. The van der Waals surface area contributed by atoms with Crippen LogP contribution in [0.2, 0.25) is 0 Å². The SMILES string of the molecule is CCOCCN1CNc2ccccc2C(C2CCCCC2)=N1. The van der Waals surface area contributed by atoms with E-state index in [0.717, 1.165) is 26.4 Å². The van der Waals surface area contributed by atoms with Crippen LogP contribution >= 0.6 is 0 Å². The summed E-state index contributed by atoms with van der Waals surface area (Å²) in [7, 11) is 0. The lowest BCUT2D eigenvalue weighted by atomic mass is 9.83. The van der Waals surface area contributed by atoms with Crippen LogP contribution in [-0.2, 0) is 4.74 Å². The summed E-state index contributed by atoms with van der Waals surface area (Å²) in [5, 5.41) is 10.7. The Hall–Kier alpha value is -1.55. The van der Waals surface area contributed by atoms with Gasteiger partial charge in [0, 0.05) is 23.8 Å². The van der Waals surface area contributed by atoms with Gasteiger partial charge in [-0.1, -0.05) is 37.5 Å². The van der Waals surface area contributed by atoms with Gasteiger partial charge in [0.25, 0.3) is 0 Å². The molecule has 22 heavy (non-hydrogen) atoms. The van der Waals surface area contributed by atoms with E-state index >= 15 is 0 Å². The zero-order chi connectivity index (χ0) is 15.2. The Balaban J connectivity index is 1.83. The van der Waals surface area contributed by atoms with E-state index in [1.54, 1.807) is 0 Å². The number of benzene rings is 1. The molecule has 120 valence electrons. The summed E-state index contributed by atoms with van der Waals surface area (Å²) in [4.78, 5) is 0. The molecule has 1 aromatic carbocycles. The largest absolute Gasteiger partial charge is 0.380 e. The van der Waals surface area contributed by atoms with E-state index in [9.17, 15) is 0 Å². The minimum Gasteiger partial charge on any atom is -0.380 e. The molecule has 0 bridgehead atoms. The second-order valence-corrected chi connectivity index (χ2v) is 6.13. The lowest BCUT2D eigenvalue weighted by Gasteiger charge is -2.25. The molecular formula is C18H27N3O. The smallest absolute Gasteiger partial charge is 0.104 e. The van der Waals surface area contributed by atoms with Gasteiger partial charge in [-0.25, -0.2) is 0 Å². The quantitative estimate of drug-likeness (QED) is 0.843. The van der Waals surface area contributed by atoms with Crippen LogP contribution in [0.15, 0.2) is 29.4 Å². The van der Waals surface area contributed by atoms with Crippen molar-refractivity contribution in [2.24, 2.45) is 11.0 Å². The molecule has 1 aliphatic carbocycles. The van der Waals surface area contributed by atoms with Crippen molar-refractivity contribution in [2.45, 2.75) is 39.0 Å². The molecule has 1 heterocycles. The lowest BCUT2D eigenvalue weighted by Crippen LogP contribution is -2.28. The molecular weight excluding hydrogens is 274 g/mol. The minimum atomic E-state index is 0.601. The molecule has 1 aliphatic heterocycles. The fourth-order valence-electron chi connectivity index (χ4n) is 3.40. The summed E-state index contributed by atoms with van der Waals surface area (Å²) in [5.74, 6) is 0.601. The molecule has 1 N–H and O–H groups in total. The third kappa shape index (κ3) is 3.61. The first-order valence-electron chi connectivity index (χ1n) is 8.63. The highest BCUT2D eigenvalue weighted by Crippen LogP contribution is 2.31. The number of hydrogen-bond acceptors (Lipinski definition) is 4. The number of para-hydroxylation sites is 1. The number of fused-ring (bicyclic) bond motifs is 1. The second-order valence-electron chi connectivity index (χ2n) is 6.13. The summed E-state index contributed by atoms with van der Waals surface area (Å²) >= 11 is 0. The lowest BCUT2D eigenvalue weighted by molar-refractivity contribution is 0.117. The monoisotopic (exact) mass is 301 g/mol. The molecule has 4 heteroatoms. The zero-order valence-electron chi connectivity index (χ0n) is 13.6. The number of ether oxygens (including phenoxy) is 1. The summed E-state index contributed by atoms with van der Waals surface area (Å²) in [5.41, 5.74) is 3.77. The zero-order valence-corrected chi connectivity index (χ0v) is 13.6. The van der Waals surface area contributed by atoms with E-state index in [1.165, 1.54) is 49.1 Å². The molecule has 0 radical (unpaired) electrons. The van der Waals surface area contributed by atoms with Crippen LogP contribution in [0.5, 0.6) is 0 Å². The van der Waals surface area contributed by atoms with Crippen molar-refractivity contribution in [1.29, 1.82) is 0 Å². The van der Waals surface area contributed by atoms with E-state index in [0.29, 0.717) is 5.92 Å². The van der Waals surface area contributed by atoms with E-state index in [-0.39, 0.29) is 0 Å². The van der Waals surface area contributed by atoms with Gasteiger partial charge in [-0.05, 0) is 25.8 Å². The van der Waals surface area contributed by atoms with Crippen LogP contribution < -0.4 is 5.32 Å². The number of rotatable bonds is 5. The second kappa shape index (κ2) is 7.63. The predicted octanol–water partition coefficient (Wildman–Crippen LogP) is 3.69. The highest BCUT2D eigenvalue weighted by molar-refractivity contribution is 6.06. The molecule has 2 aliphatic rings. The molecule has 0 spiro atoms. The molecule has 0 atom stereocenters. The molecule has 3 rings (SSSR count). The first kappa shape index (κ1) is 15.3. The summed E-state index contributed by atoms with van der Waals surface area (Å²) in [6, 6.07) is 8.59. The molecule has 0 saturated heterocycles. The van der Waals surface area contributed by atoms with Gasteiger partial charge in [-0.15, -0.1) is 0 Å². The fourth-order valence-corrected chi connectivity index (χ4v) is 3.40. The Morgan fingerprint density at radius 2 is 2.05 bits per heavy atom. The molecule has 0 unspecified atom stereocenters. The summed E-state index contributed by atoms with van der Waals surface area (Å²) < 4.78 is 5.50. The molecule has 1 saturated carbocycles. The fraction of sp³-hybridized carbons (Fsp3) is 0.611. The number of nitrogens with one attached hydrogen (secondary N) is 1. The van der Waals surface area contributed by atoms with E-state index < -0.39 is 0 Å². The molecule has 0 amide bonds. The van der Waals surface area contributed by atoms with Gasteiger partial charge in [0.2, 0.25) is 0 Å². The standard InChI is InChI=1S/C18H27N3O/c1-2-22-13-12-21-14-19-17-11-7-6-10-16(17)18(20-21)15-8-4-3-5-9-15/h6-7,10-11,15,19H,2-5,8-9,12-14H2,1H3. The van der Waals surface area contributed by atoms with Crippen LogP contribution in [0, 0.1) is 5.92 Å². The highest BCUT2D eigenvalue weighted by atomic mass is 16.5. The van der Waals surface area contributed by atoms with Crippen molar-refractivity contribution in [2.75, 3.05) is 31.7 Å². The van der Waals surface area contributed by atoms with Crippen molar-refractivity contribution in [3.63, 3.8) is 0 Å². The first-order valence-corrected chi connectivity index (χ1v) is 8.63. The van der Waals surface area contributed by atoms with E-state index in [1.807, 2.05) is 6.92 Å². The van der Waals surface area contributed by atoms with Gasteiger partial charge >= 0.3 is 0 Å². The van der Waals surface area contributed by atoms with Gasteiger partial charge < -0.3 is 10.1 Å². The highest BCUT2D eigenvalue weighted by Gasteiger charge is 2.25. The van der Waals surface area contributed by atoms with Gasteiger partial charge in [-0.2, -0.15) is 5.10 Å². The van der Waals surface area contributed by atoms with Gasteiger partial charge in [0.1, 0.15) is 6.67 Å². The normalized spacial score (nSPS) is 19.1. The van der Waals surface area contributed by atoms with Crippen molar-refractivity contribution in [1.82, 2.24) is 5.01 Å². The third-order valence-corrected chi connectivity index (χ3v) is 4.59. The Labute approximate surface area is 133 Å². The summed E-state index contributed by atoms with van der Waals surface area (Å²) in [6.45, 7) is 5.12. The molecule has 0 aromatic heterocycles. The van der Waals surface area contributed by atoms with E-state index in [4.69, 9.17) is 9.84 Å². The number of anilines is 1. The maximum absolute atomic E-state index is 5.50. The maximum atomic E-state index is 5.50. The summed E-state index contributed by atoms with van der Waals surface area (Å²) in [6.07, 6.45) is 6.58. The minimum absolute atomic E-state index is 0.601. The number of hydrogen-bond donors (Lipinski definition) is 1. The number of hydrazone groups is 1. The topological polar surface area (TPSA) is 36.9 Å². The third-order valence-electron chi connectivity index (χ3n) is 4.59. The van der Waals surface area contributed by atoms with Gasteiger partial charge in [0.15, 0.2) is 0 Å². The van der Waals surface area contributed by atoms with Crippen LogP contribution in [-0.4, -0.2) is 37.1 Å². The molecule has 1 aromatic rings. The molecule has 1 fully saturated rings. The van der Waals surface area contributed by atoms with Crippen LogP contribution in [0.4, 0.5) is 5.69 Å². The van der Waals surface area contributed by atoms with Crippen LogP contribution in [0.1, 0.15) is 44.6 Å². The maximum Gasteiger partial charge on any atom is 0.104 e. The van der Waals surface area contributed by atoms with Crippen molar-refractivity contribution >= 4 is 11.4 Å². The first-order chi connectivity index (χ1) is 10.9. The van der Waals surface area contributed by atoms with Crippen LogP contribution in [0.25, 0.3) is 0 Å². The van der Waals surface area contributed by atoms with Crippen LogP contribution in [0.3, 0.4) is 0 Å². The number of nitrogens with zero attached hydrogens (tertiary/aromatic N) is 2. The predicted molar refractivity (Wildman–Crippen MR) is 91.2 cm³/mol. The average molecular weight is 301 g/mol. The van der Waals surface area contributed by atoms with E-state index in [2.05, 4.69) is 34.6 Å². The van der Waals surface area contributed by atoms with Gasteiger partial charge in [-0.3, -0.25) is 5.01 Å². The Morgan fingerprint density at radius 3 is 2.86 bits per heavy atom. The van der Waals surface area contributed by atoms with Gasteiger partial charge in [0.05, 0.1) is 18.9 Å².